The molecule has 0 fully saturated rings. The Bertz CT molecular complexity index is 686. The van der Waals surface area contributed by atoms with Gasteiger partial charge < -0.3 is 20.1 Å². The third kappa shape index (κ3) is 5.41. The van der Waals surface area contributed by atoms with Crippen LogP contribution in [0, 0.1) is 0 Å². The second-order valence-corrected chi connectivity index (χ2v) is 5.96. The van der Waals surface area contributed by atoms with Gasteiger partial charge in [-0.05, 0) is 56.7 Å². The fraction of sp³-hybridized carbons (Fsp3) is 0.350. The van der Waals surface area contributed by atoms with E-state index in [0.717, 1.165) is 12.1 Å². The van der Waals surface area contributed by atoms with Crippen LogP contribution in [0.3, 0.4) is 0 Å². The van der Waals surface area contributed by atoms with Gasteiger partial charge in [0.25, 0.3) is 0 Å². The summed E-state index contributed by atoms with van der Waals surface area (Å²) in [7, 11) is 1.61. The first-order valence-electron chi connectivity index (χ1n) is 8.51. The molecule has 0 bridgehead atoms. The van der Waals surface area contributed by atoms with E-state index in [9.17, 15) is 4.79 Å². The summed E-state index contributed by atoms with van der Waals surface area (Å²) in [5.41, 5.74) is 0.860. The zero-order valence-corrected chi connectivity index (χ0v) is 15.2. The van der Waals surface area contributed by atoms with Crippen LogP contribution < -0.4 is 20.1 Å². The molecular weight excluding hydrogens is 316 g/mol. The van der Waals surface area contributed by atoms with E-state index in [1.807, 2.05) is 69.3 Å². The summed E-state index contributed by atoms with van der Waals surface area (Å²) in [6.45, 7) is 5.88. The van der Waals surface area contributed by atoms with Gasteiger partial charge in [0.05, 0.1) is 7.11 Å². The van der Waals surface area contributed by atoms with Gasteiger partial charge in [0.1, 0.15) is 11.8 Å². The number of carbonyl (C=O) groups is 1. The standard InChI is InChI=1S/C20H26N2O3/c1-5-14(2)21-20(23)15(3)22-16-10-12-17(13-11-16)25-19-9-7-6-8-18(19)24-4/h6-15,22H,5H2,1-4H3,(H,21,23). The minimum atomic E-state index is -0.310. The summed E-state index contributed by atoms with van der Waals surface area (Å²) in [5, 5.41) is 6.16. The molecule has 134 valence electrons. The van der Waals surface area contributed by atoms with Gasteiger partial charge >= 0.3 is 0 Å². The Morgan fingerprint density at radius 3 is 2.28 bits per heavy atom. The normalized spacial score (nSPS) is 12.8. The topological polar surface area (TPSA) is 59.6 Å². The molecule has 2 N–H and O–H groups in total. The highest BCUT2D eigenvalue weighted by molar-refractivity contribution is 5.84. The van der Waals surface area contributed by atoms with Crippen LogP contribution in [0.1, 0.15) is 27.2 Å². The zero-order chi connectivity index (χ0) is 18.2. The molecular formula is C20H26N2O3. The lowest BCUT2D eigenvalue weighted by Crippen LogP contribution is -2.41. The van der Waals surface area contributed by atoms with Crippen molar-refractivity contribution in [2.24, 2.45) is 0 Å². The number of hydrogen-bond acceptors (Lipinski definition) is 4. The van der Waals surface area contributed by atoms with E-state index in [4.69, 9.17) is 9.47 Å². The molecule has 0 spiro atoms. The molecule has 2 aromatic carbocycles. The fourth-order valence-corrected chi connectivity index (χ4v) is 2.23. The van der Waals surface area contributed by atoms with Crippen LogP contribution in [-0.2, 0) is 4.79 Å². The lowest BCUT2D eigenvalue weighted by Gasteiger charge is -2.18. The van der Waals surface area contributed by atoms with Gasteiger partial charge in [0.15, 0.2) is 11.5 Å². The van der Waals surface area contributed by atoms with Gasteiger partial charge in [-0.1, -0.05) is 19.1 Å². The molecule has 5 nitrogen and oxygen atoms in total. The largest absolute Gasteiger partial charge is 0.493 e. The molecule has 0 aliphatic rings. The Balaban J connectivity index is 1.96. The molecule has 2 aromatic rings. The fourth-order valence-electron chi connectivity index (χ4n) is 2.23. The van der Waals surface area contributed by atoms with Crippen molar-refractivity contribution in [2.45, 2.75) is 39.3 Å². The highest BCUT2D eigenvalue weighted by atomic mass is 16.5. The van der Waals surface area contributed by atoms with Gasteiger partial charge in [0.2, 0.25) is 5.91 Å². The van der Waals surface area contributed by atoms with Crippen LogP contribution in [0.4, 0.5) is 5.69 Å². The van der Waals surface area contributed by atoms with Crippen LogP contribution in [0.5, 0.6) is 17.2 Å². The molecule has 0 saturated heterocycles. The number of ether oxygens (including phenoxy) is 2. The molecule has 5 heteroatoms. The number of carbonyl (C=O) groups excluding carboxylic acids is 1. The quantitative estimate of drug-likeness (QED) is 0.755. The maximum absolute atomic E-state index is 12.1. The number of para-hydroxylation sites is 2. The molecule has 2 rings (SSSR count). The number of benzene rings is 2. The first-order valence-corrected chi connectivity index (χ1v) is 8.51. The van der Waals surface area contributed by atoms with Gasteiger partial charge in [-0.3, -0.25) is 4.79 Å². The van der Waals surface area contributed by atoms with Gasteiger partial charge in [-0.15, -0.1) is 0 Å². The summed E-state index contributed by atoms with van der Waals surface area (Å²) >= 11 is 0. The molecule has 0 aliphatic heterocycles. The van der Waals surface area contributed by atoms with Crippen LogP contribution in [-0.4, -0.2) is 25.1 Å². The summed E-state index contributed by atoms with van der Waals surface area (Å²) in [5.74, 6) is 2.03. The van der Waals surface area contributed by atoms with E-state index in [-0.39, 0.29) is 18.0 Å². The van der Waals surface area contributed by atoms with Crippen molar-refractivity contribution in [1.82, 2.24) is 5.32 Å². The highest BCUT2D eigenvalue weighted by Crippen LogP contribution is 2.31. The van der Waals surface area contributed by atoms with Crippen LogP contribution >= 0.6 is 0 Å². The minimum Gasteiger partial charge on any atom is -0.493 e. The zero-order valence-electron chi connectivity index (χ0n) is 15.2. The Kier molecular flexibility index (Phi) is 6.69. The predicted octanol–water partition coefficient (Wildman–Crippen LogP) is 4.20. The number of hydrogen-bond donors (Lipinski definition) is 2. The second-order valence-electron chi connectivity index (χ2n) is 5.96. The molecule has 2 atom stereocenters. The number of methoxy groups -OCH3 is 1. The van der Waals surface area contributed by atoms with Gasteiger partial charge in [0, 0.05) is 11.7 Å². The van der Waals surface area contributed by atoms with Crippen molar-refractivity contribution >= 4 is 11.6 Å². The summed E-state index contributed by atoms with van der Waals surface area (Å²) < 4.78 is 11.1. The van der Waals surface area contributed by atoms with Crippen molar-refractivity contribution in [3.05, 3.63) is 48.5 Å². The molecule has 2 unspecified atom stereocenters. The number of nitrogens with one attached hydrogen (secondary N) is 2. The monoisotopic (exact) mass is 342 g/mol. The van der Waals surface area contributed by atoms with Crippen LogP contribution in [0.15, 0.2) is 48.5 Å². The van der Waals surface area contributed by atoms with Crippen molar-refractivity contribution < 1.29 is 14.3 Å². The molecule has 0 heterocycles. The molecule has 0 saturated carbocycles. The first-order chi connectivity index (χ1) is 12.0. The maximum Gasteiger partial charge on any atom is 0.242 e. The first kappa shape index (κ1) is 18.6. The van der Waals surface area contributed by atoms with E-state index < -0.39 is 0 Å². The summed E-state index contributed by atoms with van der Waals surface area (Å²) in [6.07, 6.45) is 0.910. The smallest absolute Gasteiger partial charge is 0.242 e. The van der Waals surface area contributed by atoms with Gasteiger partial charge in [-0.2, -0.15) is 0 Å². The average Bonchev–Trinajstić information content (AvgIpc) is 2.63. The van der Waals surface area contributed by atoms with E-state index in [1.165, 1.54) is 0 Å². The van der Waals surface area contributed by atoms with E-state index in [2.05, 4.69) is 10.6 Å². The third-order valence-electron chi connectivity index (χ3n) is 3.93. The van der Waals surface area contributed by atoms with E-state index >= 15 is 0 Å². The van der Waals surface area contributed by atoms with Crippen molar-refractivity contribution in [1.29, 1.82) is 0 Å². The SMILES string of the molecule is CCC(C)NC(=O)C(C)Nc1ccc(Oc2ccccc2OC)cc1. The lowest BCUT2D eigenvalue weighted by atomic mass is 10.2. The minimum absolute atomic E-state index is 0.0105. The summed E-state index contributed by atoms with van der Waals surface area (Å²) in [6, 6.07) is 14.8. The highest BCUT2D eigenvalue weighted by Gasteiger charge is 2.14. The van der Waals surface area contributed by atoms with Crippen molar-refractivity contribution in [3.63, 3.8) is 0 Å². The average molecular weight is 342 g/mol. The molecule has 1 amide bonds. The Labute approximate surface area is 149 Å². The van der Waals surface area contributed by atoms with Crippen LogP contribution in [0.2, 0.25) is 0 Å². The molecule has 0 aliphatic carbocycles. The predicted molar refractivity (Wildman–Crippen MR) is 100 cm³/mol. The number of rotatable bonds is 8. The Morgan fingerprint density at radius 1 is 1.04 bits per heavy atom. The number of anilines is 1. The lowest BCUT2D eigenvalue weighted by molar-refractivity contribution is -0.122. The van der Waals surface area contributed by atoms with E-state index in [1.54, 1.807) is 7.11 Å². The maximum atomic E-state index is 12.1. The molecule has 0 radical (unpaired) electrons. The molecule has 0 aromatic heterocycles. The van der Waals surface area contributed by atoms with Crippen molar-refractivity contribution in [3.8, 4) is 17.2 Å². The second kappa shape index (κ2) is 8.97. The Hall–Kier alpha value is -2.69. The molecule has 25 heavy (non-hydrogen) atoms. The third-order valence-corrected chi connectivity index (χ3v) is 3.93. The van der Waals surface area contributed by atoms with Crippen molar-refractivity contribution in [2.75, 3.05) is 12.4 Å². The number of amides is 1. The van der Waals surface area contributed by atoms with Crippen LogP contribution in [0.25, 0.3) is 0 Å². The summed E-state index contributed by atoms with van der Waals surface area (Å²) in [4.78, 5) is 12.1. The van der Waals surface area contributed by atoms with E-state index in [0.29, 0.717) is 17.2 Å². The Morgan fingerprint density at radius 2 is 1.68 bits per heavy atom. The van der Waals surface area contributed by atoms with Gasteiger partial charge in [-0.25, -0.2) is 0 Å².